The monoisotopic (exact) mass is 380 g/mol. The predicted molar refractivity (Wildman–Crippen MR) is 99.1 cm³/mol. The molecular formula is C19H28N2O4S. The van der Waals surface area contributed by atoms with Crippen LogP contribution in [0.1, 0.15) is 39.2 Å². The Morgan fingerprint density at radius 2 is 1.81 bits per heavy atom. The Morgan fingerprint density at radius 3 is 2.31 bits per heavy atom. The van der Waals surface area contributed by atoms with Gasteiger partial charge < -0.3 is 10.4 Å². The van der Waals surface area contributed by atoms with Crippen molar-refractivity contribution in [2.75, 3.05) is 7.05 Å². The van der Waals surface area contributed by atoms with Crippen molar-refractivity contribution >= 4 is 16.1 Å². The summed E-state index contributed by atoms with van der Waals surface area (Å²) in [5.74, 6) is 0.127. The normalized spacial score (nSPS) is 32.5. The van der Waals surface area contributed by atoms with Crippen LogP contribution in [0.15, 0.2) is 29.2 Å². The second-order valence-corrected chi connectivity index (χ2v) is 10.5. The third-order valence-corrected chi connectivity index (χ3v) is 8.81. The third kappa shape index (κ3) is 2.55. The number of aryl methyl sites for hydroxylation is 1. The molecule has 2 unspecified atom stereocenters. The first-order chi connectivity index (χ1) is 11.9. The van der Waals surface area contributed by atoms with E-state index in [1.165, 1.54) is 19.2 Å². The zero-order valence-corrected chi connectivity index (χ0v) is 16.8. The van der Waals surface area contributed by atoms with Crippen molar-refractivity contribution < 1.29 is 18.3 Å². The van der Waals surface area contributed by atoms with Gasteiger partial charge in [0.25, 0.3) is 10.0 Å². The molecule has 7 heteroatoms. The lowest BCUT2D eigenvalue weighted by Gasteiger charge is -2.37. The average Bonchev–Trinajstić information content (AvgIpc) is 2.88. The molecule has 2 aliphatic carbocycles. The lowest BCUT2D eigenvalue weighted by Crippen LogP contribution is -2.53. The molecule has 2 saturated carbocycles. The minimum Gasteiger partial charge on any atom is -0.390 e. The first-order valence-electron chi connectivity index (χ1n) is 8.97. The maximum absolute atomic E-state index is 12.7. The smallest absolute Gasteiger partial charge is 0.331 e. The van der Waals surface area contributed by atoms with Gasteiger partial charge in [-0.1, -0.05) is 38.5 Å². The van der Waals surface area contributed by atoms with Crippen LogP contribution in [-0.4, -0.2) is 43.1 Å². The number of aliphatic hydroxyl groups excluding tert-OH is 1. The van der Waals surface area contributed by atoms with Gasteiger partial charge in [-0.2, -0.15) is 0 Å². The number of fused-ring (bicyclic) bond motifs is 2. The standard InChI is InChI=1S/C19H28N2O4S/c1-12-6-8-13(9-7-12)26(24,25)21(5)17(23)20-15-14-10-11-19(4,16(15)22)18(14,2)3/h6-9,14-16,22H,10-11H2,1-5H3,(H,20,23)/t14-,15?,16+,19?/m0/s1. The molecule has 4 atom stereocenters. The number of nitrogens with zero attached hydrogens (tertiary/aromatic N) is 1. The van der Waals surface area contributed by atoms with Gasteiger partial charge in [-0.3, -0.25) is 0 Å². The fourth-order valence-corrected chi connectivity index (χ4v) is 5.79. The lowest BCUT2D eigenvalue weighted by atomic mass is 9.70. The number of hydrogen-bond donors (Lipinski definition) is 2. The molecule has 6 nitrogen and oxygen atoms in total. The highest BCUT2D eigenvalue weighted by atomic mass is 32.2. The van der Waals surface area contributed by atoms with Crippen LogP contribution >= 0.6 is 0 Å². The van der Waals surface area contributed by atoms with E-state index in [0.717, 1.165) is 22.7 Å². The fraction of sp³-hybridized carbons (Fsp3) is 0.632. The van der Waals surface area contributed by atoms with Crippen molar-refractivity contribution in [3.05, 3.63) is 29.8 Å². The molecule has 0 radical (unpaired) electrons. The number of urea groups is 1. The van der Waals surface area contributed by atoms with Crippen molar-refractivity contribution in [2.24, 2.45) is 16.7 Å². The Labute approximate surface area is 155 Å². The van der Waals surface area contributed by atoms with Crippen molar-refractivity contribution in [3.8, 4) is 0 Å². The number of rotatable bonds is 3. The molecule has 144 valence electrons. The van der Waals surface area contributed by atoms with Crippen LogP contribution in [0.5, 0.6) is 0 Å². The summed E-state index contributed by atoms with van der Waals surface area (Å²) in [6.45, 7) is 8.15. The van der Waals surface area contributed by atoms with Crippen LogP contribution in [0, 0.1) is 23.7 Å². The molecular weight excluding hydrogens is 352 g/mol. The molecule has 0 aromatic heterocycles. The third-order valence-electron chi connectivity index (χ3n) is 7.06. The van der Waals surface area contributed by atoms with Gasteiger partial charge in [0, 0.05) is 12.5 Å². The maximum Gasteiger partial charge on any atom is 0.331 e. The van der Waals surface area contributed by atoms with Gasteiger partial charge in [0.05, 0.1) is 17.0 Å². The van der Waals surface area contributed by atoms with E-state index in [9.17, 15) is 18.3 Å². The van der Waals surface area contributed by atoms with E-state index in [2.05, 4.69) is 26.1 Å². The Hall–Kier alpha value is -1.60. The first kappa shape index (κ1) is 19.2. The average molecular weight is 381 g/mol. The molecule has 0 heterocycles. The summed E-state index contributed by atoms with van der Waals surface area (Å²) in [5, 5.41) is 13.6. The topological polar surface area (TPSA) is 86.7 Å². The molecule has 2 aliphatic rings. The summed E-state index contributed by atoms with van der Waals surface area (Å²) in [4.78, 5) is 12.7. The summed E-state index contributed by atoms with van der Waals surface area (Å²) in [7, 11) is -2.68. The molecule has 3 rings (SSSR count). The summed E-state index contributed by atoms with van der Waals surface area (Å²) >= 11 is 0. The Morgan fingerprint density at radius 1 is 1.23 bits per heavy atom. The van der Waals surface area contributed by atoms with Crippen molar-refractivity contribution in [1.82, 2.24) is 9.62 Å². The summed E-state index contributed by atoms with van der Waals surface area (Å²) in [6.07, 6.45) is 1.14. The van der Waals surface area contributed by atoms with E-state index in [1.54, 1.807) is 12.1 Å². The molecule has 1 aromatic carbocycles. The number of hydrogen-bond acceptors (Lipinski definition) is 4. The summed E-state index contributed by atoms with van der Waals surface area (Å²) < 4.78 is 26.1. The van der Waals surface area contributed by atoms with Crippen LogP contribution in [-0.2, 0) is 10.0 Å². The predicted octanol–water partition coefficient (Wildman–Crippen LogP) is 2.51. The number of sulfonamides is 1. The van der Waals surface area contributed by atoms with Gasteiger partial charge in [-0.05, 0) is 43.2 Å². The largest absolute Gasteiger partial charge is 0.390 e. The Balaban J connectivity index is 1.79. The number of carbonyl (C=O) groups excluding carboxylic acids is 1. The van der Waals surface area contributed by atoms with Gasteiger partial charge in [0.2, 0.25) is 0 Å². The van der Waals surface area contributed by atoms with Crippen LogP contribution in [0.4, 0.5) is 4.79 Å². The second-order valence-electron chi connectivity index (χ2n) is 8.49. The quantitative estimate of drug-likeness (QED) is 0.844. The molecule has 2 amide bonds. The first-order valence-corrected chi connectivity index (χ1v) is 10.4. The van der Waals surface area contributed by atoms with Crippen LogP contribution in [0.3, 0.4) is 0 Å². The highest BCUT2D eigenvalue weighted by Gasteiger charge is 2.66. The Kier molecular flexibility index (Phi) is 4.39. The van der Waals surface area contributed by atoms with E-state index in [-0.39, 0.29) is 21.6 Å². The Bertz CT molecular complexity index is 818. The van der Waals surface area contributed by atoms with Gasteiger partial charge in [-0.15, -0.1) is 0 Å². The summed E-state index contributed by atoms with van der Waals surface area (Å²) in [5.41, 5.74) is 0.555. The zero-order chi connectivity index (χ0) is 19.5. The van der Waals surface area contributed by atoms with E-state index < -0.39 is 28.2 Å². The minimum absolute atomic E-state index is 0.0709. The zero-order valence-electron chi connectivity index (χ0n) is 16.0. The number of benzene rings is 1. The van der Waals surface area contributed by atoms with Gasteiger partial charge in [0.15, 0.2) is 0 Å². The van der Waals surface area contributed by atoms with Gasteiger partial charge >= 0.3 is 6.03 Å². The lowest BCUT2D eigenvalue weighted by molar-refractivity contribution is 0.00156. The minimum atomic E-state index is -3.93. The summed E-state index contributed by atoms with van der Waals surface area (Å²) in [6, 6.07) is 5.23. The maximum atomic E-state index is 12.7. The number of carbonyl (C=O) groups is 1. The van der Waals surface area contributed by atoms with Gasteiger partial charge in [-0.25, -0.2) is 17.5 Å². The molecule has 0 aliphatic heterocycles. The molecule has 2 fully saturated rings. The van der Waals surface area contributed by atoms with E-state index in [1.807, 2.05) is 6.92 Å². The fourth-order valence-electron chi connectivity index (χ4n) is 4.73. The highest BCUT2D eigenvalue weighted by molar-refractivity contribution is 7.89. The molecule has 26 heavy (non-hydrogen) atoms. The molecule has 0 spiro atoms. The van der Waals surface area contributed by atoms with Crippen molar-refractivity contribution in [2.45, 2.75) is 57.6 Å². The number of nitrogens with one attached hydrogen (secondary N) is 1. The molecule has 2 N–H and O–H groups in total. The highest BCUT2D eigenvalue weighted by Crippen LogP contribution is 2.65. The van der Waals surface area contributed by atoms with Crippen LogP contribution in [0.25, 0.3) is 0 Å². The van der Waals surface area contributed by atoms with Crippen molar-refractivity contribution in [3.63, 3.8) is 0 Å². The van der Waals surface area contributed by atoms with Gasteiger partial charge in [0.1, 0.15) is 0 Å². The number of aliphatic hydroxyl groups is 1. The SMILES string of the molecule is Cc1ccc(S(=O)(=O)N(C)C(=O)NC2[C@@H](O)C3(C)CC[C@@H]2C3(C)C)cc1. The van der Waals surface area contributed by atoms with E-state index in [0.29, 0.717) is 0 Å². The molecule has 0 saturated heterocycles. The van der Waals surface area contributed by atoms with Crippen molar-refractivity contribution in [1.29, 1.82) is 0 Å². The number of amides is 2. The molecule has 2 bridgehead atoms. The van der Waals surface area contributed by atoms with Crippen LogP contribution < -0.4 is 5.32 Å². The molecule has 1 aromatic rings. The van der Waals surface area contributed by atoms with E-state index >= 15 is 0 Å². The van der Waals surface area contributed by atoms with E-state index in [4.69, 9.17) is 0 Å². The van der Waals surface area contributed by atoms with Crippen LogP contribution in [0.2, 0.25) is 0 Å². The second kappa shape index (κ2) is 5.96.